The molecule has 0 saturated carbocycles. The fraction of sp³-hybridized carbons (Fsp3) is 0.579. The number of nitrogens with zero attached hydrogens (tertiary/aromatic N) is 2. The highest BCUT2D eigenvalue weighted by Gasteiger charge is 2.42. The van der Waals surface area contributed by atoms with E-state index in [4.69, 9.17) is 0 Å². The lowest BCUT2D eigenvalue weighted by Gasteiger charge is -2.33. The first-order valence-corrected chi connectivity index (χ1v) is 9.37. The Hall–Kier alpha value is -1.92. The summed E-state index contributed by atoms with van der Waals surface area (Å²) in [6.45, 7) is 6.49. The minimum atomic E-state index is -0.0716. The average molecular weight is 341 g/mol. The van der Waals surface area contributed by atoms with E-state index in [-0.39, 0.29) is 11.9 Å². The summed E-state index contributed by atoms with van der Waals surface area (Å²) in [5.41, 5.74) is 2.38. The molecule has 0 aliphatic carbocycles. The molecule has 0 unspecified atom stereocenters. The molecule has 2 aliphatic rings. The van der Waals surface area contributed by atoms with Crippen LogP contribution in [0.25, 0.3) is 10.9 Å². The fourth-order valence-corrected chi connectivity index (χ4v) is 4.30. The largest absolute Gasteiger partial charge is 0.349 e. The highest BCUT2D eigenvalue weighted by Crippen LogP contribution is 2.37. The predicted molar refractivity (Wildman–Crippen MR) is 98.2 cm³/mol. The van der Waals surface area contributed by atoms with Gasteiger partial charge >= 0.3 is 0 Å². The van der Waals surface area contributed by atoms with Gasteiger partial charge in [0.15, 0.2) is 0 Å². The molecule has 25 heavy (non-hydrogen) atoms. The van der Waals surface area contributed by atoms with Crippen LogP contribution in [0.1, 0.15) is 31.9 Å². The molecule has 1 atom stereocenters. The van der Waals surface area contributed by atoms with E-state index in [0.29, 0.717) is 12.0 Å². The second kappa shape index (κ2) is 6.77. The number of aryl methyl sites for hydroxylation is 1. The number of carbonyl (C=O) groups excluding carboxylic acids is 1. The predicted octanol–water partition coefficient (Wildman–Crippen LogP) is 1.40. The zero-order chi connectivity index (χ0) is 17.3. The van der Waals surface area contributed by atoms with Crippen LogP contribution in [0.15, 0.2) is 24.3 Å². The average Bonchev–Trinajstić information content (AvgIpc) is 3.22. The third-order valence-corrected chi connectivity index (χ3v) is 5.81. The molecule has 1 aromatic heterocycles. The number of hydrogen-bond donors (Lipinski definition) is 3. The van der Waals surface area contributed by atoms with Crippen LogP contribution < -0.4 is 16.0 Å². The quantitative estimate of drug-likeness (QED) is 0.786. The summed E-state index contributed by atoms with van der Waals surface area (Å²) >= 11 is 0. The summed E-state index contributed by atoms with van der Waals surface area (Å²) < 4.78 is 1.99. The van der Waals surface area contributed by atoms with E-state index in [1.54, 1.807) is 0 Å². The van der Waals surface area contributed by atoms with Crippen LogP contribution >= 0.6 is 0 Å². The summed E-state index contributed by atoms with van der Waals surface area (Å²) in [5, 5.41) is 15.7. The van der Waals surface area contributed by atoms with E-state index in [1.807, 2.05) is 16.8 Å². The van der Waals surface area contributed by atoms with Gasteiger partial charge in [-0.25, -0.2) is 0 Å². The Labute approximate surface area is 148 Å². The van der Waals surface area contributed by atoms with Crippen LogP contribution in [0.2, 0.25) is 0 Å². The maximum atomic E-state index is 12.6. The number of nitrogens with one attached hydrogen (secondary N) is 3. The van der Waals surface area contributed by atoms with Crippen molar-refractivity contribution in [1.29, 1.82) is 0 Å². The van der Waals surface area contributed by atoms with Crippen molar-refractivity contribution >= 4 is 16.8 Å². The Bertz CT molecular complexity index is 762. The summed E-state index contributed by atoms with van der Waals surface area (Å²) in [5.74, 6) is 0.102. The number of para-hydroxylation sites is 1. The Morgan fingerprint density at radius 1 is 1.36 bits per heavy atom. The fourth-order valence-electron chi connectivity index (χ4n) is 4.30. The van der Waals surface area contributed by atoms with Crippen molar-refractivity contribution in [3.63, 3.8) is 0 Å². The topological polar surface area (TPSA) is 71.0 Å². The Morgan fingerprint density at radius 3 is 2.96 bits per heavy atom. The number of amides is 1. The first kappa shape index (κ1) is 16.5. The zero-order valence-electron chi connectivity index (χ0n) is 14.8. The van der Waals surface area contributed by atoms with Crippen molar-refractivity contribution in [2.75, 3.05) is 19.6 Å². The number of aromatic nitrogens is 2. The van der Waals surface area contributed by atoms with Crippen LogP contribution in [0.4, 0.5) is 0 Å². The van der Waals surface area contributed by atoms with E-state index in [9.17, 15) is 4.79 Å². The molecule has 4 rings (SSSR count). The lowest BCUT2D eigenvalue weighted by atomic mass is 9.77. The summed E-state index contributed by atoms with van der Waals surface area (Å²) in [4.78, 5) is 12.6. The number of fused-ring (bicyclic) bond motifs is 1. The van der Waals surface area contributed by atoms with E-state index < -0.39 is 0 Å². The molecule has 1 spiro atoms. The third-order valence-electron chi connectivity index (χ3n) is 5.81. The molecule has 6 nitrogen and oxygen atoms in total. The van der Waals surface area contributed by atoms with Crippen molar-refractivity contribution in [3.8, 4) is 0 Å². The third kappa shape index (κ3) is 3.16. The maximum absolute atomic E-state index is 12.6. The van der Waals surface area contributed by atoms with Gasteiger partial charge in [-0.05, 0) is 50.8 Å². The smallest absolute Gasteiger partial charge is 0.237 e. The number of benzene rings is 1. The Morgan fingerprint density at radius 2 is 2.16 bits per heavy atom. The van der Waals surface area contributed by atoms with E-state index >= 15 is 0 Å². The molecular formula is C19H27N5O. The van der Waals surface area contributed by atoms with Crippen molar-refractivity contribution in [2.45, 2.75) is 45.3 Å². The highest BCUT2D eigenvalue weighted by molar-refractivity contribution is 5.84. The van der Waals surface area contributed by atoms with Gasteiger partial charge in [0.2, 0.25) is 5.91 Å². The van der Waals surface area contributed by atoms with Crippen molar-refractivity contribution in [3.05, 3.63) is 30.0 Å². The van der Waals surface area contributed by atoms with Crippen LogP contribution in [0.5, 0.6) is 0 Å². The van der Waals surface area contributed by atoms with Crippen molar-refractivity contribution < 1.29 is 4.79 Å². The molecule has 2 aliphatic heterocycles. The Balaban J connectivity index is 1.41. The molecule has 3 heterocycles. The van der Waals surface area contributed by atoms with Gasteiger partial charge in [0, 0.05) is 18.5 Å². The molecule has 3 N–H and O–H groups in total. The second-order valence-corrected chi connectivity index (χ2v) is 7.39. The number of rotatable bonds is 4. The Kier molecular flexibility index (Phi) is 4.48. The van der Waals surface area contributed by atoms with E-state index in [2.05, 4.69) is 40.1 Å². The molecule has 1 aromatic carbocycles. The minimum absolute atomic E-state index is 0.0716. The first-order chi connectivity index (χ1) is 12.2. The second-order valence-electron chi connectivity index (χ2n) is 7.39. The van der Waals surface area contributed by atoms with Gasteiger partial charge in [-0.15, -0.1) is 0 Å². The lowest BCUT2D eigenvalue weighted by Crippen LogP contribution is -2.40. The molecule has 6 heteroatoms. The zero-order valence-corrected chi connectivity index (χ0v) is 14.8. The summed E-state index contributed by atoms with van der Waals surface area (Å²) in [7, 11) is 0. The van der Waals surface area contributed by atoms with Gasteiger partial charge in [-0.3, -0.25) is 9.48 Å². The van der Waals surface area contributed by atoms with Crippen LogP contribution in [-0.4, -0.2) is 41.4 Å². The molecule has 134 valence electrons. The van der Waals surface area contributed by atoms with Gasteiger partial charge in [0.25, 0.3) is 0 Å². The maximum Gasteiger partial charge on any atom is 0.237 e. The van der Waals surface area contributed by atoms with Crippen molar-refractivity contribution in [1.82, 2.24) is 25.7 Å². The monoisotopic (exact) mass is 341 g/mol. The molecular weight excluding hydrogens is 314 g/mol. The van der Waals surface area contributed by atoms with E-state index in [0.717, 1.165) is 62.0 Å². The van der Waals surface area contributed by atoms with Crippen LogP contribution in [-0.2, 0) is 17.9 Å². The standard InChI is InChI=1S/C19H27N5O/c1-2-24-17-6-4-3-5-14(17)16(23-24)12-21-18(25)15-11-19(13-22-15)7-9-20-10-8-19/h3-6,15,20,22H,2,7-13H2,1H3,(H,21,25)/t15-/m1/s1. The molecule has 2 aromatic rings. The van der Waals surface area contributed by atoms with Gasteiger partial charge in [-0.1, -0.05) is 18.2 Å². The van der Waals surface area contributed by atoms with Gasteiger partial charge < -0.3 is 16.0 Å². The molecule has 0 bridgehead atoms. The van der Waals surface area contributed by atoms with Gasteiger partial charge in [-0.2, -0.15) is 5.10 Å². The minimum Gasteiger partial charge on any atom is -0.349 e. The first-order valence-electron chi connectivity index (χ1n) is 9.37. The number of piperidine rings is 1. The normalized spacial score (nSPS) is 22.5. The number of carbonyl (C=O) groups is 1. The lowest BCUT2D eigenvalue weighted by molar-refractivity contribution is -0.123. The highest BCUT2D eigenvalue weighted by atomic mass is 16.2. The van der Waals surface area contributed by atoms with Crippen LogP contribution in [0, 0.1) is 5.41 Å². The van der Waals surface area contributed by atoms with Crippen LogP contribution in [0.3, 0.4) is 0 Å². The van der Waals surface area contributed by atoms with Gasteiger partial charge in [0.05, 0.1) is 23.8 Å². The molecule has 2 fully saturated rings. The summed E-state index contributed by atoms with van der Waals surface area (Å²) in [6.07, 6.45) is 3.27. The SMILES string of the molecule is CCn1nc(CNC(=O)[C@H]2CC3(CCNCC3)CN2)c2ccccc21. The van der Waals surface area contributed by atoms with Crippen molar-refractivity contribution in [2.24, 2.45) is 5.41 Å². The molecule has 1 amide bonds. The van der Waals surface area contributed by atoms with Gasteiger partial charge in [0.1, 0.15) is 0 Å². The number of hydrogen-bond acceptors (Lipinski definition) is 4. The molecule has 2 saturated heterocycles. The summed E-state index contributed by atoms with van der Waals surface area (Å²) in [6, 6.07) is 8.14. The van der Waals surface area contributed by atoms with E-state index in [1.165, 1.54) is 0 Å². The molecule has 0 radical (unpaired) electrons.